The Labute approximate surface area is 157 Å². The summed E-state index contributed by atoms with van der Waals surface area (Å²) in [5, 5.41) is 4.56. The normalized spacial score (nSPS) is 16.9. The fourth-order valence-electron chi connectivity index (χ4n) is 3.34. The molecule has 4 heterocycles. The molecule has 1 amide bonds. The number of aliphatic imine (C=N–C) groups is 2. The summed E-state index contributed by atoms with van der Waals surface area (Å²) in [7, 11) is 1.63. The van der Waals surface area contributed by atoms with Crippen molar-refractivity contribution >= 4 is 24.3 Å². The van der Waals surface area contributed by atoms with Gasteiger partial charge in [0.1, 0.15) is 12.2 Å². The third kappa shape index (κ3) is 3.25. The van der Waals surface area contributed by atoms with Crippen molar-refractivity contribution in [1.29, 1.82) is 0 Å². The van der Waals surface area contributed by atoms with Crippen LogP contribution in [0.4, 0.5) is 5.82 Å². The number of hydrogen-bond acceptors (Lipinski definition) is 5. The number of hydrogen-bond donors (Lipinski definition) is 0. The van der Waals surface area contributed by atoms with E-state index >= 15 is 0 Å². The van der Waals surface area contributed by atoms with Crippen molar-refractivity contribution in [3.63, 3.8) is 0 Å². The van der Waals surface area contributed by atoms with E-state index in [2.05, 4.69) is 31.5 Å². The van der Waals surface area contributed by atoms with Gasteiger partial charge in [0.05, 0.1) is 41.6 Å². The van der Waals surface area contributed by atoms with Crippen molar-refractivity contribution in [3.05, 3.63) is 48.1 Å². The van der Waals surface area contributed by atoms with Crippen LogP contribution in [0.5, 0.6) is 0 Å². The highest BCUT2D eigenvalue weighted by atomic mass is 16.2. The van der Waals surface area contributed by atoms with Crippen molar-refractivity contribution in [3.8, 4) is 5.69 Å². The van der Waals surface area contributed by atoms with E-state index in [-0.39, 0.29) is 5.91 Å². The lowest BCUT2D eigenvalue weighted by molar-refractivity contribution is 0.0834. The van der Waals surface area contributed by atoms with Crippen LogP contribution in [-0.4, -0.2) is 58.3 Å². The third-order valence-electron chi connectivity index (χ3n) is 4.75. The molecule has 8 heteroatoms. The zero-order chi connectivity index (χ0) is 18.8. The largest absolute Gasteiger partial charge is 0.357 e. The first-order chi connectivity index (χ1) is 13.2. The van der Waals surface area contributed by atoms with Gasteiger partial charge < -0.3 is 9.80 Å². The molecule has 1 saturated heterocycles. The SMILES string of the molecule is C=C(/C=N\C=N/C)N1Cc2nn(-c3ccc(N4CCCC4)nc3)cc2C1=O. The molecule has 0 aromatic carbocycles. The first kappa shape index (κ1) is 17.1. The number of carbonyl (C=O) groups is 1. The number of anilines is 1. The quantitative estimate of drug-likeness (QED) is 0.602. The fraction of sp³-hybridized carbons (Fsp3) is 0.316. The lowest BCUT2D eigenvalue weighted by Gasteiger charge is -2.16. The molecular weight excluding hydrogens is 342 g/mol. The van der Waals surface area contributed by atoms with Crippen molar-refractivity contribution < 1.29 is 4.79 Å². The standard InChI is InChI=1S/C19H21N7O/c1-14(9-21-13-20-2)25-12-17-16(19(25)27)11-26(23-17)15-5-6-18(22-10-15)24-7-3-4-8-24/h5-6,9-11,13H,1,3-4,7-8,12H2,2H3/b20-13-,21-9-. The second-order valence-corrected chi connectivity index (χ2v) is 6.54. The van der Waals surface area contributed by atoms with Gasteiger partial charge in [-0.3, -0.25) is 9.79 Å². The van der Waals surface area contributed by atoms with Gasteiger partial charge >= 0.3 is 0 Å². The summed E-state index contributed by atoms with van der Waals surface area (Å²) in [6, 6.07) is 4.00. The minimum atomic E-state index is -0.122. The average molecular weight is 363 g/mol. The minimum absolute atomic E-state index is 0.122. The summed E-state index contributed by atoms with van der Waals surface area (Å²) in [6.45, 7) is 6.40. The van der Waals surface area contributed by atoms with Crippen LogP contribution in [0.15, 0.2) is 46.8 Å². The molecule has 0 radical (unpaired) electrons. The lowest BCUT2D eigenvalue weighted by atomic mass is 10.3. The molecule has 0 N–H and O–H groups in total. The number of pyridine rings is 1. The molecule has 0 spiro atoms. The molecule has 27 heavy (non-hydrogen) atoms. The second kappa shape index (κ2) is 7.14. The molecule has 0 unspecified atom stereocenters. The van der Waals surface area contributed by atoms with Gasteiger partial charge in [-0.1, -0.05) is 6.58 Å². The van der Waals surface area contributed by atoms with Gasteiger partial charge in [0, 0.05) is 26.3 Å². The third-order valence-corrected chi connectivity index (χ3v) is 4.75. The van der Waals surface area contributed by atoms with Crippen LogP contribution in [0.1, 0.15) is 28.9 Å². The summed E-state index contributed by atoms with van der Waals surface area (Å²) in [6.07, 6.45) is 8.91. The van der Waals surface area contributed by atoms with Crippen LogP contribution in [0, 0.1) is 0 Å². The van der Waals surface area contributed by atoms with Gasteiger partial charge in [0.25, 0.3) is 5.91 Å². The Kier molecular flexibility index (Phi) is 4.53. The maximum absolute atomic E-state index is 12.6. The van der Waals surface area contributed by atoms with Gasteiger partial charge in [-0.2, -0.15) is 5.10 Å². The van der Waals surface area contributed by atoms with Gasteiger partial charge in [-0.15, -0.1) is 0 Å². The van der Waals surface area contributed by atoms with Crippen LogP contribution in [-0.2, 0) is 6.54 Å². The summed E-state index contributed by atoms with van der Waals surface area (Å²) in [5.41, 5.74) is 2.66. The van der Waals surface area contributed by atoms with E-state index in [0.29, 0.717) is 17.8 Å². The van der Waals surface area contributed by atoms with Crippen molar-refractivity contribution in [2.24, 2.45) is 9.98 Å². The molecule has 2 aromatic rings. The summed E-state index contributed by atoms with van der Waals surface area (Å²) in [4.78, 5) is 28.8. The average Bonchev–Trinajstić information content (AvgIpc) is 3.40. The highest BCUT2D eigenvalue weighted by molar-refractivity contribution is 6.02. The molecule has 2 aliphatic heterocycles. The van der Waals surface area contributed by atoms with Crippen LogP contribution >= 0.6 is 0 Å². The fourth-order valence-corrected chi connectivity index (χ4v) is 3.34. The van der Waals surface area contributed by atoms with E-state index < -0.39 is 0 Å². The van der Waals surface area contributed by atoms with Gasteiger partial charge in [0.15, 0.2) is 0 Å². The van der Waals surface area contributed by atoms with Crippen molar-refractivity contribution in [2.75, 3.05) is 25.0 Å². The molecular formula is C19H21N7O. The molecule has 138 valence electrons. The van der Waals surface area contributed by atoms with Gasteiger partial charge in [-0.25, -0.2) is 14.7 Å². The molecule has 2 aromatic heterocycles. The van der Waals surface area contributed by atoms with E-state index in [9.17, 15) is 4.79 Å². The van der Waals surface area contributed by atoms with Crippen molar-refractivity contribution in [1.82, 2.24) is 19.7 Å². The predicted molar refractivity (Wildman–Crippen MR) is 105 cm³/mol. The summed E-state index contributed by atoms with van der Waals surface area (Å²) >= 11 is 0. The molecule has 8 nitrogen and oxygen atoms in total. The Morgan fingerprint density at radius 1 is 1.30 bits per heavy atom. The topological polar surface area (TPSA) is 79.0 Å². The highest BCUT2D eigenvalue weighted by Gasteiger charge is 2.32. The molecule has 4 rings (SSSR count). The molecule has 0 saturated carbocycles. The van der Waals surface area contributed by atoms with E-state index in [1.54, 1.807) is 29.0 Å². The van der Waals surface area contributed by atoms with E-state index in [0.717, 1.165) is 30.3 Å². The van der Waals surface area contributed by atoms with Crippen molar-refractivity contribution in [2.45, 2.75) is 19.4 Å². The number of rotatable bonds is 5. The van der Waals surface area contributed by atoms with Crippen LogP contribution in [0.2, 0.25) is 0 Å². The van der Waals surface area contributed by atoms with E-state index in [1.165, 1.54) is 25.4 Å². The van der Waals surface area contributed by atoms with Crippen LogP contribution < -0.4 is 4.90 Å². The van der Waals surface area contributed by atoms with E-state index in [4.69, 9.17) is 0 Å². The monoisotopic (exact) mass is 363 g/mol. The maximum Gasteiger partial charge on any atom is 0.262 e. The van der Waals surface area contributed by atoms with Gasteiger partial charge in [-0.05, 0) is 25.0 Å². The molecule has 0 atom stereocenters. The Morgan fingerprint density at radius 2 is 2.11 bits per heavy atom. The Balaban J connectivity index is 1.50. The van der Waals surface area contributed by atoms with E-state index in [1.807, 2.05) is 12.1 Å². The summed E-state index contributed by atoms with van der Waals surface area (Å²) in [5.74, 6) is 0.868. The van der Waals surface area contributed by atoms with Gasteiger partial charge in [0.2, 0.25) is 0 Å². The first-order valence-electron chi connectivity index (χ1n) is 8.92. The Hall–Kier alpha value is -3.29. The minimum Gasteiger partial charge on any atom is -0.357 e. The number of aromatic nitrogens is 3. The smallest absolute Gasteiger partial charge is 0.262 e. The number of nitrogens with zero attached hydrogens (tertiary/aromatic N) is 7. The predicted octanol–water partition coefficient (Wildman–Crippen LogP) is 2.07. The van der Waals surface area contributed by atoms with Crippen LogP contribution in [0.3, 0.4) is 0 Å². The maximum atomic E-state index is 12.6. The highest BCUT2D eigenvalue weighted by Crippen LogP contribution is 2.26. The number of carbonyl (C=O) groups excluding carboxylic acids is 1. The number of allylic oxidation sites excluding steroid dienone is 1. The molecule has 1 fully saturated rings. The molecule has 0 bridgehead atoms. The molecule has 0 aliphatic carbocycles. The zero-order valence-corrected chi connectivity index (χ0v) is 15.2. The zero-order valence-electron chi connectivity index (χ0n) is 15.2. The number of amides is 1. The second-order valence-electron chi connectivity index (χ2n) is 6.54. The lowest BCUT2D eigenvalue weighted by Crippen LogP contribution is -2.24. The summed E-state index contributed by atoms with van der Waals surface area (Å²) < 4.78 is 1.71. The Morgan fingerprint density at radius 3 is 2.78 bits per heavy atom. The Bertz CT molecular complexity index is 920. The molecule has 2 aliphatic rings. The number of fused-ring (bicyclic) bond motifs is 1. The first-order valence-corrected chi connectivity index (χ1v) is 8.92. The van der Waals surface area contributed by atoms with Crippen LogP contribution in [0.25, 0.3) is 5.69 Å².